The molecule has 0 saturated carbocycles. The molecule has 2 aromatic rings. The Kier molecular flexibility index (Phi) is 3.41. The molecule has 5 heteroatoms. The van der Waals surface area contributed by atoms with Gasteiger partial charge in [0.2, 0.25) is 5.91 Å². The highest BCUT2D eigenvalue weighted by atomic mass is 16.5. The average molecular weight is 286 g/mol. The Bertz CT molecular complexity index is 705. The molecule has 0 aliphatic carbocycles. The van der Waals surface area contributed by atoms with Crippen molar-refractivity contribution in [2.24, 2.45) is 0 Å². The molecule has 110 valence electrons. The second kappa shape index (κ2) is 5.24. The van der Waals surface area contributed by atoms with E-state index in [-0.39, 0.29) is 11.9 Å². The fourth-order valence-electron chi connectivity index (χ4n) is 3.05. The van der Waals surface area contributed by atoms with Crippen LogP contribution in [0.3, 0.4) is 0 Å². The van der Waals surface area contributed by atoms with Crippen LogP contribution in [0.4, 0.5) is 0 Å². The van der Waals surface area contributed by atoms with E-state index < -0.39 is 6.04 Å². The van der Waals surface area contributed by atoms with Crippen LogP contribution in [0.15, 0.2) is 24.3 Å². The number of rotatable bonds is 2. The highest BCUT2D eigenvalue weighted by molar-refractivity contribution is 5.91. The molecule has 1 N–H and O–H groups in total. The van der Waals surface area contributed by atoms with E-state index >= 15 is 0 Å². The standard InChI is InChI=1S/C16H18N2O3/c1-3-21-16(20)15-14-12(8-9-18(15)10(2)19)11-6-4-5-7-13(11)17-14/h4-7,15,17H,3,8-9H2,1-2H3. The molecular formula is C16H18N2O3. The number of para-hydroxylation sites is 1. The van der Waals surface area contributed by atoms with Gasteiger partial charge in [0.05, 0.1) is 12.3 Å². The topological polar surface area (TPSA) is 62.4 Å². The van der Waals surface area contributed by atoms with Crippen LogP contribution in [0.5, 0.6) is 0 Å². The van der Waals surface area contributed by atoms with Gasteiger partial charge in [-0.05, 0) is 25.0 Å². The summed E-state index contributed by atoms with van der Waals surface area (Å²) in [5, 5.41) is 1.12. The fourth-order valence-corrected chi connectivity index (χ4v) is 3.05. The third-order valence-electron chi connectivity index (χ3n) is 3.95. The van der Waals surface area contributed by atoms with Crippen molar-refractivity contribution < 1.29 is 14.3 Å². The van der Waals surface area contributed by atoms with E-state index in [1.165, 1.54) is 6.92 Å². The first-order valence-corrected chi connectivity index (χ1v) is 7.16. The molecule has 1 aromatic carbocycles. The van der Waals surface area contributed by atoms with E-state index in [1.807, 2.05) is 24.3 Å². The Labute approximate surface area is 122 Å². The van der Waals surface area contributed by atoms with Crippen LogP contribution in [0.25, 0.3) is 10.9 Å². The molecule has 1 atom stereocenters. The van der Waals surface area contributed by atoms with Crippen LogP contribution >= 0.6 is 0 Å². The Morgan fingerprint density at radius 3 is 2.86 bits per heavy atom. The van der Waals surface area contributed by atoms with Crippen LogP contribution in [-0.4, -0.2) is 34.9 Å². The summed E-state index contributed by atoms with van der Waals surface area (Å²) in [7, 11) is 0. The van der Waals surface area contributed by atoms with Gasteiger partial charge in [-0.1, -0.05) is 18.2 Å². The number of benzene rings is 1. The fraction of sp³-hybridized carbons (Fsp3) is 0.375. The van der Waals surface area contributed by atoms with E-state index in [9.17, 15) is 9.59 Å². The zero-order valence-electron chi connectivity index (χ0n) is 12.2. The van der Waals surface area contributed by atoms with Gasteiger partial charge in [-0.15, -0.1) is 0 Å². The second-order valence-corrected chi connectivity index (χ2v) is 5.18. The molecule has 1 unspecified atom stereocenters. The third kappa shape index (κ3) is 2.18. The van der Waals surface area contributed by atoms with Gasteiger partial charge < -0.3 is 14.6 Å². The molecule has 1 amide bonds. The molecular weight excluding hydrogens is 268 g/mol. The number of hydrogen-bond acceptors (Lipinski definition) is 3. The number of aromatic nitrogens is 1. The predicted molar refractivity (Wildman–Crippen MR) is 78.8 cm³/mol. The number of fused-ring (bicyclic) bond motifs is 3. The van der Waals surface area contributed by atoms with Crippen LogP contribution in [0.2, 0.25) is 0 Å². The van der Waals surface area contributed by atoms with Gasteiger partial charge in [-0.2, -0.15) is 0 Å². The molecule has 5 nitrogen and oxygen atoms in total. The quantitative estimate of drug-likeness (QED) is 0.861. The van der Waals surface area contributed by atoms with Crippen molar-refractivity contribution in [2.75, 3.05) is 13.2 Å². The van der Waals surface area contributed by atoms with Crippen molar-refractivity contribution in [2.45, 2.75) is 26.3 Å². The lowest BCUT2D eigenvalue weighted by atomic mass is 9.97. The highest BCUT2D eigenvalue weighted by Gasteiger charge is 2.37. The number of ether oxygens (including phenoxy) is 1. The maximum atomic E-state index is 12.3. The molecule has 2 heterocycles. The van der Waals surface area contributed by atoms with Gasteiger partial charge >= 0.3 is 5.97 Å². The van der Waals surface area contributed by atoms with Crippen molar-refractivity contribution in [3.63, 3.8) is 0 Å². The molecule has 0 fully saturated rings. The Morgan fingerprint density at radius 2 is 2.14 bits per heavy atom. The first kappa shape index (κ1) is 13.7. The summed E-state index contributed by atoms with van der Waals surface area (Å²) in [4.78, 5) is 29.0. The first-order chi connectivity index (χ1) is 10.1. The van der Waals surface area contributed by atoms with E-state index in [1.54, 1.807) is 11.8 Å². The van der Waals surface area contributed by atoms with Gasteiger partial charge in [0.1, 0.15) is 0 Å². The molecule has 0 radical (unpaired) electrons. The molecule has 0 saturated heterocycles. The zero-order chi connectivity index (χ0) is 15.0. The Balaban J connectivity index is 2.13. The monoisotopic (exact) mass is 286 g/mol. The van der Waals surface area contributed by atoms with Crippen LogP contribution < -0.4 is 0 Å². The molecule has 3 rings (SSSR count). The largest absolute Gasteiger partial charge is 0.464 e. The summed E-state index contributed by atoms with van der Waals surface area (Å²) in [6.45, 7) is 4.09. The minimum absolute atomic E-state index is 0.114. The van der Waals surface area contributed by atoms with Crippen molar-refractivity contribution in [1.29, 1.82) is 0 Å². The van der Waals surface area contributed by atoms with E-state index in [0.29, 0.717) is 13.2 Å². The normalized spacial score (nSPS) is 17.6. The number of nitrogens with one attached hydrogen (secondary N) is 1. The zero-order valence-corrected chi connectivity index (χ0v) is 12.2. The van der Waals surface area contributed by atoms with Gasteiger partial charge in [-0.25, -0.2) is 4.79 Å². The van der Waals surface area contributed by atoms with Gasteiger partial charge in [0.25, 0.3) is 0 Å². The number of esters is 1. The number of carbonyl (C=O) groups excluding carboxylic acids is 2. The van der Waals surface area contributed by atoms with E-state index in [4.69, 9.17) is 4.74 Å². The third-order valence-corrected chi connectivity index (χ3v) is 3.95. The van der Waals surface area contributed by atoms with Crippen LogP contribution in [0.1, 0.15) is 31.1 Å². The number of carbonyl (C=O) groups is 2. The number of amides is 1. The van der Waals surface area contributed by atoms with Crippen molar-refractivity contribution in [3.05, 3.63) is 35.5 Å². The summed E-state index contributed by atoms with van der Waals surface area (Å²) in [5.41, 5.74) is 2.89. The highest BCUT2D eigenvalue weighted by Crippen LogP contribution is 2.35. The maximum absolute atomic E-state index is 12.3. The van der Waals surface area contributed by atoms with Gasteiger partial charge in [0.15, 0.2) is 6.04 Å². The number of aromatic amines is 1. The predicted octanol–water partition coefficient (Wildman–Crippen LogP) is 2.18. The van der Waals surface area contributed by atoms with Crippen LogP contribution in [-0.2, 0) is 20.7 Å². The van der Waals surface area contributed by atoms with Crippen molar-refractivity contribution in [3.8, 4) is 0 Å². The first-order valence-electron chi connectivity index (χ1n) is 7.16. The summed E-state index contributed by atoms with van der Waals surface area (Å²) in [6.07, 6.45) is 0.745. The number of hydrogen-bond donors (Lipinski definition) is 1. The maximum Gasteiger partial charge on any atom is 0.335 e. The summed E-state index contributed by atoms with van der Waals surface area (Å²) >= 11 is 0. The second-order valence-electron chi connectivity index (χ2n) is 5.18. The Hall–Kier alpha value is -2.30. The summed E-state index contributed by atoms with van der Waals surface area (Å²) < 4.78 is 5.16. The lowest BCUT2D eigenvalue weighted by Crippen LogP contribution is -2.43. The van der Waals surface area contributed by atoms with E-state index in [0.717, 1.165) is 28.6 Å². The average Bonchev–Trinajstić information content (AvgIpc) is 2.84. The van der Waals surface area contributed by atoms with Gasteiger partial charge in [0, 0.05) is 24.4 Å². The lowest BCUT2D eigenvalue weighted by Gasteiger charge is -2.33. The minimum atomic E-state index is -0.668. The molecule has 0 spiro atoms. The molecule has 1 aliphatic heterocycles. The smallest absolute Gasteiger partial charge is 0.335 e. The molecule has 1 aromatic heterocycles. The molecule has 0 bridgehead atoms. The molecule has 21 heavy (non-hydrogen) atoms. The number of H-pyrrole nitrogens is 1. The van der Waals surface area contributed by atoms with Crippen LogP contribution in [0, 0.1) is 0 Å². The summed E-state index contributed by atoms with van der Waals surface area (Å²) in [5.74, 6) is -0.488. The minimum Gasteiger partial charge on any atom is -0.464 e. The number of nitrogens with zero attached hydrogens (tertiary/aromatic N) is 1. The van der Waals surface area contributed by atoms with Crippen molar-refractivity contribution in [1.82, 2.24) is 9.88 Å². The summed E-state index contributed by atoms with van der Waals surface area (Å²) in [6, 6.07) is 7.28. The van der Waals surface area contributed by atoms with Gasteiger partial charge in [-0.3, -0.25) is 4.79 Å². The van der Waals surface area contributed by atoms with E-state index in [2.05, 4.69) is 4.98 Å². The molecule has 1 aliphatic rings. The van der Waals surface area contributed by atoms with Crippen molar-refractivity contribution >= 4 is 22.8 Å². The Morgan fingerprint density at radius 1 is 1.38 bits per heavy atom. The SMILES string of the molecule is CCOC(=O)C1c2[nH]c3ccccc3c2CCN1C(C)=O. The lowest BCUT2D eigenvalue weighted by molar-refractivity contribution is -0.155.